The minimum Gasteiger partial charge on any atom is -0.441 e. The molecule has 82 valence electrons. The number of amides is 1. The number of carbonyl (C=O) groups is 1. The molecule has 0 aromatic heterocycles. The van der Waals surface area contributed by atoms with Gasteiger partial charge in [0.1, 0.15) is 13.3 Å². The first-order chi connectivity index (χ1) is 6.77. The van der Waals surface area contributed by atoms with E-state index in [1.54, 1.807) is 0 Å². The summed E-state index contributed by atoms with van der Waals surface area (Å²) in [6.07, 6.45) is 1.14. The largest absolute Gasteiger partial charge is 0.441 e. The highest BCUT2D eigenvalue weighted by Gasteiger charge is 2.21. The van der Waals surface area contributed by atoms with Crippen LogP contribution in [-0.4, -0.2) is 43.5 Å². The van der Waals surface area contributed by atoms with Gasteiger partial charge in [-0.1, -0.05) is 0 Å². The van der Waals surface area contributed by atoms with E-state index in [-0.39, 0.29) is 0 Å². The van der Waals surface area contributed by atoms with Crippen molar-refractivity contribution < 1.29 is 18.3 Å². The van der Waals surface area contributed by atoms with Crippen LogP contribution in [0.3, 0.4) is 0 Å². The highest BCUT2D eigenvalue weighted by molar-refractivity contribution is 5.67. The van der Waals surface area contributed by atoms with Gasteiger partial charge in [-0.05, 0) is 19.3 Å². The van der Waals surface area contributed by atoms with Gasteiger partial charge in [0.15, 0.2) is 6.10 Å². The zero-order valence-electron chi connectivity index (χ0n) is 8.05. The summed E-state index contributed by atoms with van der Waals surface area (Å²) in [5.74, 6) is 0. The normalized spacial score (nSPS) is 17.2. The molecule has 0 atom stereocenters. The summed E-state index contributed by atoms with van der Waals surface area (Å²) in [6.45, 7) is -0.666. The minimum atomic E-state index is -1.23. The van der Waals surface area contributed by atoms with Crippen molar-refractivity contribution in [2.45, 2.75) is 25.4 Å². The van der Waals surface area contributed by atoms with Crippen molar-refractivity contribution >= 4 is 6.09 Å². The van der Waals surface area contributed by atoms with Gasteiger partial charge in [0.05, 0.1) is 0 Å². The molecule has 0 unspecified atom stereocenters. The minimum absolute atomic E-state index is 0.593. The van der Waals surface area contributed by atoms with Crippen LogP contribution >= 0.6 is 0 Å². The van der Waals surface area contributed by atoms with Crippen LogP contribution in [0, 0.1) is 0 Å². The number of rotatable bonds is 3. The summed E-state index contributed by atoms with van der Waals surface area (Å²) in [5.41, 5.74) is 0. The van der Waals surface area contributed by atoms with E-state index >= 15 is 0 Å². The Morgan fingerprint density at radius 2 is 1.79 bits per heavy atom. The third kappa shape index (κ3) is 3.12. The summed E-state index contributed by atoms with van der Waals surface area (Å²) in [5, 5.41) is 0. The molecule has 14 heavy (non-hydrogen) atoms. The summed E-state index contributed by atoms with van der Waals surface area (Å²) >= 11 is 0. The van der Waals surface area contributed by atoms with Gasteiger partial charge in [0.25, 0.3) is 0 Å². The average Bonchev–Trinajstić information content (AvgIpc) is 2.26. The van der Waals surface area contributed by atoms with Gasteiger partial charge in [-0.25, -0.2) is 13.6 Å². The lowest BCUT2D eigenvalue weighted by molar-refractivity contribution is 0.0353. The van der Waals surface area contributed by atoms with E-state index in [1.165, 1.54) is 4.90 Å². The van der Waals surface area contributed by atoms with Crippen LogP contribution in [0.4, 0.5) is 13.6 Å². The number of nitrogens with zero attached hydrogens (tertiary/aromatic N) is 1. The van der Waals surface area contributed by atoms with Crippen molar-refractivity contribution in [2.24, 2.45) is 0 Å². The lowest BCUT2D eigenvalue weighted by Crippen LogP contribution is -2.38. The first kappa shape index (κ1) is 11.2. The molecule has 0 N–H and O–H groups in total. The summed E-state index contributed by atoms with van der Waals surface area (Å²) < 4.78 is 28.7. The predicted octanol–water partition coefficient (Wildman–Crippen LogP) is 1.92. The fourth-order valence-corrected chi connectivity index (χ4v) is 1.40. The molecule has 0 bridgehead atoms. The quantitative estimate of drug-likeness (QED) is 0.707. The van der Waals surface area contributed by atoms with Crippen molar-refractivity contribution in [2.75, 3.05) is 26.4 Å². The molecule has 1 fully saturated rings. The number of hydrogen-bond donors (Lipinski definition) is 0. The van der Waals surface area contributed by atoms with Crippen LogP contribution in [0.25, 0.3) is 0 Å². The molecule has 1 amide bonds. The molecular weight excluding hydrogens is 192 g/mol. The molecule has 1 heterocycles. The summed E-state index contributed by atoms with van der Waals surface area (Å²) in [6, 6.07) is 0. The van der Waals surface area contributed by atoms with Gasteiger partial charge in [-0.3, -0.25) is 0 Å². The van der Waals surface area contributed by atoms with Crippen molar-refractivity contribution in [1.29, 1.82) is 0 Å². The second-order valence-corrected chi connectivity index (χ2v) is 3.36. The standard InChI is InChI=1S/C9H15F2NO2/c10-6-8(7-11)14-9(13)12-4-2-1-3-5-12/h8H,1-7H2. The number of hydrogen-bond acceptors (Lipinski definition) is 2. The van der Waals surface area contributed by atoms with Gasteiger partial charge in [-0.2, -0.15) is 0 Å². The Labute approximate surface area is 82.0 Å². The zero-order chi connectivity index (χ0) is 10.4. The first-order valence-corrected chi connectivity index (χ1v) is 4.85. The highest BCUT2D eigenvalue weighted by Crippen LogP contribution is 2.11. The predicted molar refractivity (Wildman–Crippen MR) is 47.6 cm³/mol. The number of likely N-dealkylation sites (tertiary alicyclic amines) is 1. The van der Waals surface area contributed by atoms with Gasteiger partial charge in [0.2, 0.25) is 0 Å². The van der Waals surface area contributed by atoms with Crippen LogP contribution in [0.15, 0.2) is 0 Å². The van der Waals surface area contributed by atoms with Crippen LogP contribution in [0.1, 0.15) is 19.3 Å². The fourth-order valence-electron chi connectivity index (χ4n) is 1.40. The molecule has 0 radical (unpaired) electrons. The lowest BCUT2D eigenvalue weighted by Gasteiger charge is -2.27. The first-order valence-electron chi connectivity index (χ1n) is 4.85. The van der Waals surface area contributed by atoms with Gasteiger partial charge in [-0.15, -0.1) is 0 Å². The molecule has 1 aliphatic rings. The van der Waals surface area contributed by atoms with E-state index in [0.29, 0.717) is 13.1 Å². The lowest BCUT2D eigenvalue weighted by atomic mass is 10.1. The van der Waals surface area contributed by atoms with E-state index in [2.05, 4.69) is 4.74 Å². The summed E-state index contributed by atoms with van der Waals surface area (Å²) in [4.78, 5) is 12.8. The molecule has 0 spiro atoms. The number of piperidine rings is 1. The van der Waals surface area contributed by atoms with Crippen LogP contribution in [0.5, 0.6) is 0 Å². The van der Waals surface area contributed by atoms with Crippen molar-refractivity contribution in [1.82, 2.24) is 4.90 Å². The van der Waals surface area contributed by atoms with E-state index < -0.39 is 25.5 Å². The molecule has 3 nitrogen and oxygen atoms in total. The number of alkyl halides is 2. The Morgan fingerprint density at radius 3 is 2.29 bits per heavy atom. The SMILES string of the molecule is O=C(OC(CF)CF)N1CCCCC1. The Hall–Kier alpha value is -0.870. The Kier molecular flexibility index (Phi) is 4.62. The average molecular weight is 207 g/mol. The van der Waals surface area contributed by atoms with Gasteiger partial charge in [0, 0.05) is 13.1 Å². The molecule has 1 rings (SSSR count). The zero-order valence-corrected chi connectivity index (χ0v) is 8.05. The third-order valence-corrected chi connectivity index (χ3v) is 2.23. The molecular formula is C9H15F2NO2. The monoisotopic (exact) mass is 207 g/mol. The Balaban J connectivity index is 2.32. The Morgan fingerprint density at radius 1 is 1.21 bits per heavy atom. The van der Waals surface area contributed by atoms with Crippen LogP contribution in [0.2, 0.25) is 0 Å². The van der Waals surface area contributed by atoms with E-state index in [4.69, 9.17) is 0 Å². The molecule has 5 heteroatoms. The molecule has 1 saturated heterocycles. The molecule has 0 saturated carbocycles. The van der Waals surface area contributed by atoms with Gasteiger partial charge >= 0.3 is 6.09 Å². The van der Waals surface area contributed by atoms with Crippen LogP contribution < -0.4 is 0 Å². The van der Waals surface area contributed by atoms with Crippen molar-refractivity contribution in [3.8, 4) is 0 Å². The maximum Gasteiger partial charge on any atom is 0.410 e. The molecule has 0 aliphatic carbocycles. The fraction of sp³-hybridized carbons (Fsp3) is 0.889. The van der Waals surface area contributed by atoms with E-state index in [9.17, 15) is 13.6 Å². The second kappa shape index (κ2) is 5.78. The molecule has 0 aromatic carbocycles. The maximum atomic E-state index is 12.0. The molecule has 1 aliphatic heterocycles. The molecule has 0 aromatic rings. The Bertz CT molecular complexity index is 180. The second-order valence-electron chi connectivity index (χ2n) is 3.36. The third-order valence-electron chi connectivity index (χ3n) is 2.23. The van der Waals surface area contributed by atoms with E-state index in [1.807, 2.05) is 0 Å². The topological polar surface area (TPSA) is 29.5 Å². The summed E-state index contributed by atoms with van der Waals surface area (Å²) in [7, 11) is 0. The van der Waals surface area contributed by atoms with Crippen LogP contribution in [-0.2, 0) is 4.74 Å². The van der Waals surface area contributed by atoms with E-state index in [0.717, 1.165) is 19.3 Å². The number of halogens is 2. The number of carbonyl (C=O) groups excluding carboxylic acids is 1. The highest BCUT2D eigenvalue weighted by atomic mass is 19.1. The smallest absolute Gasteiger partial charge is 0.410 e. The maximum absolute atomic E-state index is 12.0. The number of ether oxygens (including phenoxy) is 1. The van der Waals surface area contributed by atoms with Crippen molar-refractivity contribution in [3.63, 3.8) is 0 Å². The van der Waals surface area contributed by atoms with Crippen molar-refractivity contribution in [3.05, 3.63) is 0 Å². The van der Waals surface area contributed by atoms with Gasteiger partial charge < -0.3 is 9.64 Å².